The van der Waals surface area contributed by atoms with Gasteiger partial charge in [-0.3, -0.25) is 9.59 Å². The molecule has 0 aliphatic rings. The molecule has 0 bridgehead atoms. The monoisotopic (exact) mass is 480 g/mol. The van der Waals surface area contributed by atoms with Crippen LogP contribution in [0.2, 0.25) is 5.02 Å². The van der Waals surface area contributed by atoms with Crippen molar-refractivity contribution in [3.05, 3.63) is 63.1 Å². The summed E-state index contributed by atoms with van der Waals surface area (Å²) >= 11 is 9.33. The Bertz CT molecular complexity index is 842. The molecule has 0 spiro atoms. The highest BCUT2D eigenvalue weighted by molar-refractivity contribution is 9.10. The predicted molar refractivity (Wildman–Crippen MR) is 119 cm³/mol. The van der Waals surface area contributed by atoms with E-state index in [0.717, 1.165) is 11.1 Å². The van der Waals surface area contributed by atoms with Crippen LogP contribution < -0.4 is 10.1 Å². The van der Waals surface area contributed by atoms with Crippen LogP contribution in [0.1, 0.15) is 31.4 Å². The second-order valence-corrected chi connectivity index (χ2v) is 7.98. The molecule has 1 N–H and O–H groups in total. The molecule has 0 saturated heterocycles. The quantitative estimate of drug-likeness (QED) is 0.563. The number of likely N-dealkylation sites (N-methyl/N-ethyl adjacent to an activating group) is 1. The van der Waals surface area contributed by atoms with E-state index < -0.39 is 6.04 Å². The van der Waals surface area contributed by atoms with E-state index >= 15 is 0 Å². The first-order chi connectivity index (χ1) is 13.8. The summed E-state index contributed by atoms with van der Waals surface area (Å²) in [5.41, 5.74) is 2.10. The van der Waals surface area contributed by atoms with Crippen molar-refractivity contribution in [2.24, 2.45) is 0 Å². The van der Waals surface area contributed by atoms with Crippen molar-refractivity contribution in [2.45, 2.75) is 39.8 Å². The molecule has 2 aromatic carbocycles. The van der Waals surface area contributed by atoms with Crippen molar-refractivity contribution in [3.8, 4) is 5.75 Å². The number of ether oxygens (including phenoxy) is 1. The first-order valence-corrected chi connectivity index (χ1v) is 10.7. The molecule has 0 radical (unpaired) electrons. The highest BCUT2D eigenvalue weighted by Gasteiger charge is 2.28. The maximum absolute atomic E-state index is 13.1. The van der Waals surface area contributed by atoms with Crippen LogP contribution in [0.4, 0.5) is 0 Å². The van der Waals surface area contributed by atoms with Gasteiger partial charge in [-0.25, -0.2) is 0 Å². The average Bonchev–Trinajstić information content (AvgIpc) is 2.68. The lowest BCUT2D eigenvalue weighted by Gasteiger charge is -2.30. The van der Waals surface area contributed by atoms with Gasteiger partial charge in [0.05, 0.1) is 4.47 Å². The van der Waals surface area contributed by atoms with Crippen molar-refractivity contribution >= 4 is 39.3 Å². The number of carbonyl (C=O) groups excluding carboxylic acids is 2. The molecular weight excluding hydrogens is 456 g/mol. The van der Waals surface area contributed by atoms with E-state index in [1.165, 1.54) is 0 Å². The van der Waals surface area contributed by atoms with Gasteiger partial charge < -0.3 is 15.0 Å². The molecule has 2 amide bonds. The summed E-state index contributed by atoms with van der Waals surface area (Å²) in [4.78, 5) is 27.2. The number of rotatable bonds is 9. The zero-order valence-corrected chi connectivity index (χ0v) is 19.2. The van der Waals surface area contributed by atoms with Gasteiger partial charge >= 0.3 is 0 Å². The SMILES string of the molecule is CCNC(=O)[C@H](CC)N(Cc1ccc(C)cc1)C(=O)COc1ccc(Cl)cc1Br. The van der Waals surface area contributed by atoms with Gasteiger partial charge in [-0.05, 0) is 60.0 Å². The van der Waals surface area contributed by atoms with E-state index in [9.17, 15) is 9.59 Å². The lowest BCUT2D eigenvalue weighted by Crippen LogP contribution is -2.50. The summed E-state index contributed by atoms with van der Waals surface area (Å²) < 4.78 is 6.36. The largest absolute Gasteiger partial charge is 0.483 e. The molecular formula is C22H26BrClN2O3. The predicted octanol–water partition coefficient (Wildman–Crippen LogP) is 4.73. The highest BCUT2D eigenvalue weighted by Crippen LogP contribution is 2.28. The minimum absolute atomic E-state index is 0.164. The van der Waals surface area contributed by atoms with E-state index in [1.54, 1.807) is 23.1 Å². The molecule has 29 heavy (non-hydrogen) atoms. The van der Waals surface area contributed by atoms with Crippen LogP contribution in [0, 0.1) is 6.92 Å². The molecule has 0 unspecified atom stereocenters. The van der Waals surface area contributed by atoms with Gasteiger partial charge in [0.1, 0.15) is 11.8 Å². The first kappa shape index (κ1) is 23.2. The van der Waals surface area contributed by atoms with Crippen LogP contribution in [0.25, 0.3) is 0 Å². The smallest absolute Gasteiger partial charge is 0.261 e. The number of hydrogen-bond donors (Lipinski definition) is 1. The van der Waals surface area contributed by atoms with E-state index in [-0.39, 0.29) is 18.4 Å². The molecule has 5 nitrogen and oxygen atoms in total. The second-order valence-electron chi connectivity index (χ2n) is 6.69. The van der Waals surface area contributed by atoms with Crippen molar-refractivity contribution < 1.29 is 14.3 Å². The molecule has 7 heteroatoms. The number of nitrogens with zero attached hydrogens (tertiary/aromatic N) is 1. The Labute approximate surface area is 185 Å². The molecule has 0 aliphatic carbocycles. The van der Waals surface area contributed by atoms with E-state index in [1.807, 2.05) is 45.0 Å². The van der Waals surface area contributed by atoms with Crippen molar-refractivity contribution in [1.29, 1.82) is 0 Å². The number of nitrogens with one attached hydrogen (secondary N) is 1. The van der Waals surface area contributed by atoms with Gasteiger partial charge in [-0.2, -0.15) is 0 Å². The third-order valence-corrected chi connectivity index (χ3v) is 5.31. The Hall–Kier alpha value is -2.05. The molecule has 0 saturated carbocycles. The molecule has 0 aliphatic heterocycles. The fraction of sp³-hybridized carbons (Fsp3) is 0.364. The van der Waals surface area contributed by atoms with Crippen molar-refractivity contribution in [1.82, 2.24) is 10.2 Å². The van der Waals surface area contributed by atoms with E-state index in [4.69, 9.17) is 16.3 Å². The number of hydrogen-bond acceptors (Lipinski definition) is 3. The summed E-state index contributed by atoms with van der Waals surface area (Å²) in [6, 6.07) is 12.5. The Morgan fingerprint density at radius 1 is 1.17 bits per heavy atom. The van der Waals surface area contributed by atoms with Crippen LogP contribution in [-0.2, 0) is 16.1 Å². The van der Waals surface area contributed by atoms with Gasteiger partial charge in [0.2, 0.25) is 5.91 Å². The third-order valence-electron chi connectivity index (χ3n) is 4.46. The van der Waals surface area contributed by atoms with Gasteiger partial charge in [0.15, 0.2) is 6.61 Å². The van der Waals surface area contributed by atoms with Gasteiger partial charge in [0, 0.05) is 18.1 Å². The Morgan fingerprint density at radius 3 is 2.45 bits per heavy atom. The lowest BCUT2D eigenvalue weighted by molar-refractivity contribution is -0.142. The maximum atomic E-state index is 13.1. The summed E-state index contributed by atoms with van der Waals surface area (Å²) in [6.45, 7) is 6.43. The van der Waals surface area contributed by atoms with E-state index in [0.29, 0.717) is 34.8 Å². The zero-order valence-electron chi connectivity index (χ0n) is 16.9. The zero-order chi connectivity index (χ0) is 21.4. The molecule has 0 fully saturated rings. The fourth-order valence-corrected chi connectivity index (χ4v) is 3.71. The number of benzene rings is 2. The van der Waals surface area contributed by atoms with E-state index in [2.05, 4.69) is 21.2 Å². The topological polar surface area (TPSA) is 58.6 Å². The second kappa shape index (κ2) is 11.2. The van der Waals surface area contributed by atoms with Crippen LogP contribution in [0.3, 0.4) is 0 Å². The Kier molecular flexibility index (Phi) is 8.99. The summed E-state index contributed by atoms with van der Waals surface area (Å²) in [6.07, 6.45) is 0.508. The molecule has 2 rings (SSSR count). The van der Waals surface area contributed by atoms with Gasteiger partial charge in [0.25, 0.3) is 5.91 Å². The minimum Gasteiger partial charge on any atom is -0.483 e. The first-order valence-electron chi connectivity index (χ1n) is 9.56. The molecule has 156 valence electrons. The van der Waals surface area contributed by atoms with Crippen molar-refractivity contribution in [3.63, 3.8) is 0 Å². The van der Waals surface area contributed by atoms with Crippen LogP contribution in [0.5, 0.6) is 5.75 Å². The van der Waals surface area contributed by atoms with Gasteiger partial charge in [-0.1, -0.05) is 48.4 Å². The highest BCUT2D eigenvalue weighted by atomic mass is 79.9. The number of aryl methyl sites for hydroxylation is 1. The summed E-state index contributed by atoms with van der Waals surface area (Å²) in [5.74, 6) is 0.0951. The molecule has 2 aromatic rings. The molecule has 1 atom stereocenters. The normalized spacial score (nSPS) is 11.6. The standard InChI is InChI=1S/C22H26BrClN2O3/c1-4-19(22(28)25-5-2)26(13-16-8-6-15(3)7-9-16)21(27)14-29-20-11-10-17(24)12-18(20)23/h6-12,19H,4-5,13-14H2,1-3H3,(H,25,28)/t19-/m0/s1. The van der Waals surface area contributed by atoms with Crippen molar-refractivity contribution in [2.75, 3.05) is 13.2 Å². The molecule has 0 aromatic heterocycles. The fourth-order valence-electron chi connectivity index (χ4n) is 2.92. The van der Waals surface area contributed by atoms with Gasteiger partial charge in [-0.15, -0.1) is 0 Å². The van der Waals surface area contributed by atoms with Crippen LogP contribution >= 0.6 is 27.5 Å². The Balaban J connectivity index is 2.20. The molecule has 0 heterocycles. The maximum Gasteiger partial charge on any atom is 0.261 e. The minimum atomic E-state index is -0.569. The third kappa shape index (κ3) is 6.75. The Morgan fingerprint density at radius 2 is 1.86 bits per heavy atom. The lowest BCUT2D eigenvalue weighted by atomic mass is 10.1. The summed E-state index contributed by atoms with van der Waals surface area (Å²) in [5, 5.41) is 3.39. The number of halogens is 2. The van der Waals surface area contributed by atoms with Crippen LogP contribution in [-0.4, -0.2) is 35.9 Å². The number of carbonyl (C=O) groups is 2. The summed E-state index contributed by atoms with van der Waals surface area (Å²) in [7, 11) is 0. The number of amides is 2. The van der Waals surface area contributed by atoms with Crippen LogP contribution in [0.15, 0.2) is 46.9 Å². The average molecular weight is 482 g/mol.